The number of nitrogens with zero attached hydrogens (tertiary/aromatic N) is 3. The van der Waals surface area contributed by atoms with Gasteiger partial charge in [-0.15, -0.1) is 0 Å². The average Bonchev–Trinajstić information content (AvgIpc) is 2.82. The summed E-state index contributed by atoms with van der Waals surface area (Å²) in [6.45, 7) is 9.71. The summed E-state index contributed by atoms with van der Waals surface area (Å²) in [5.41, 5.74) is 6.09. The summed E-state index contributed by atoms with van der Waals surface area (Å²) >= 11 is 0. The number of carbonyl (C=O) groups excluding carboxylic acids is 1. The quantitative estimate of drug-likeness (QED) is 0.868. The maximum absolute atomic E-state index is 12.6. The van der Waals surface area contributed by atoms with E-state index in [1.165, 1.54) is 22.6 Å². The number of carbonyl (C=O) groups is 1. The lowest BCUT2D eigenvalue weighted by Gasteiger charge is -2.36. The van der Waals surface area contributed by atoms with E-state index in [1.807, 2.05) is 4.90 Å². The maximum atomic E-state index is 12.6. The predicted molar refractivity (Wildman–Crippen MR) is 98.6 cm³/mol. The van der Waals surface area contributed by atoms with Crippen molar-refractivity contribution in [3.8, 4) is 0 Å². The van der Waals surface area contributed by atoms with Crippen LogP contribution in [-0.4, -0.2) is 41.6 Å². The molecule has 0 aliphatic carbocycles. The van der Waals surface area contributed by atoms with Crippen molar-refractivity contribution in [1.29, 1.82) is 0 Å². The third-order valence-electron chi connectivity index (χ3n) is 5.22. The summed E-state index contributed by atoms with van der Waals surface area (Å²) < 4.78 is 2.15. The topological polar surface area (TPSA) is 28.5 Å². The summed E-state index contributed by atoms with van der Waals surface area (Å²) in [7, 11) is 2.05. The standard InChI is InChI=1S/C20H27N3O/c1-15-6-5-7-19(12-15)22-8-10-23(11-9-22)20(24)14-18-13-16(2)21(4)17(18)3/h5-7,12-13H,8-11,14H2,1-4H3. The van der Waals surface area contributed by atoms with Gasteiger partial charge in [-0.1, -0.05) is 12.1 Å². The highest BCUT2D eigenvalue weighted by atomic mass is 16.2. The van der Waals surface area contributed by atoms with E-state index in [0.29, 0.717) is 6.42 Å². The zero-order valence-electron chi connectivity index (χ0n) is 15.2. The molecule has 1 amide bonds. The van der Waals surface area contributed by atoms with Gasteiger partial charge in [0.2, 0.25) is 5.91 Å². The van der Waals surface area contributed by atoms with Gasteiger partial charge in [0, 0.05) is 50.3 Å². The zero-order chi connectivity index (χ0) is 17.3. The normalized spacial score (nSPS) is 15.0. The Morgan fingerprint density at radius 1 is 1.04 bits per heavy atom. The van der Waals surface area contributed by atoms with Crippen LogP contribution in [0.2, 0.25) is 0 Å². The fourth-order valence-electron chi connectivity index (χ4n) is 3.43. The van der Waals surface area contributed by atoms with Crippen molar-refractivity contribution in [1.82, 2.24) is 9.47 Å². The van der Waals surface area contributed by atoms with E-state index < -0.39 is 0 Å². The number of rotatable bonds is 3. The Morgan fingerprint density at radius 2 is 1.75 bits per heavy atom. The van der Waals surface area contributed by atoms with Crippen molar-refractivity contribution < 1.29 is 4.79 Å². The second-order valence-corrected chi connectivity index (χ2v) is 6.84. The Hall–Kier alpha value is -2.23. The highest BCUT2D eigenvalue weighted by molar-refractivity contribution is 5.79. The van der Waals surface area contributed by atoms with Crippen LogP contribution in [0, 0.1) is 20.8 Å². The Labute approximate surface area is 144 Å². The van der Waals surface area contributed by atoms with E-state index in [2.05, 4.69) is 67.6 Å². The fourth-order valence-corrected chi connectivity index (χ4v) is 3.43. The summed E-state index contributed by atoms with van der Waals surface area (Å²) in [6, 6.07) is 10.7. The number of hydrogen-bond acceptors (Lipinski definition) is 2. The number of hydrogen-bond donors (Lipinski definition) is 0. The predicted octanol–water partition coefficient (Wildman–Crippen LogP) is 2.84. The molecule has 3 rings (SSSR count). The number of piperazine rings is 1. The highest BCUT2D eigenvalue weighted by Crippen LogP contribution is 2.19. The number of anilines is 1. The van der Waals surface area contributed by atoms with Gasteiger partial charge in [-0.05, 0) is 50.1 Å². The summed E-state index contributed by atoms with van der Waals surface area (Å²) in [5.74, 6) is 0.243. The van der Waals surface area contributed by atoms with E-state index in [9.17, 15) is 4.79 Å². The molecule has 1 aliphatic heterocycles. The summed E-state index contributed by atoms with van der Waals surface area (Å²) in [6.07, 6.45) is 0.512. The number of aryl methyl sites for hydroxylation is 2. The molecule has 1 fully saturated rings. The molecule has 2 aromatic rings. The molecule has 4 nitrogen and oxygen atoms in total. The number of aromatic nitrogens is 1. The second kappa shape index (κ2) is 6.71. The molecule has 1 aromatic heterocycles. The first-order valence-electron chi connectivity index (χ1n) is 8.67. The fraction of sp³-hybridized carbons (Fsp3) is 0.450. The van der Waals surface area contributed by atoms with Crippen molar-refractivity contribution in [2.24, 2.45) is 7.05 Å². The van der Waals surface area contributed by atoms with Crippen molar-refractivity contribution >= 4 is 11.6 Å². The van der Waals surface area contributed by atoms with E-state index in [4.69, 9.17) is 0 Å². The number of benzene rings is 1. The molecule has 0 saturated carbocycles. The first-order valence-corrected chi connectivity index (χ1v) is 8.67. The van der Waals surface area contributed by atoms with Crippen LogP contribution in [0.15, 0.2) is 30.3 Å². The molecule has 0 N–H and O–H groups in total. The molecule has 4 heteroatoms. The van der Waals surface area contributed by atoms with Crippen molar-refractivity contribution in [2.45, 2.75) is 27.2 Å². The third-order valence-corrected chi connectivity index (χ3v) is 5.22. The van der Waals surface area contributed by atoms with Crippen LogP contribution in [-0.2, 0) is 18.3 Å². The molecular weight excluding hydrogens is 298 g/mol. The highest BCUT2D eigenvalue weighted by Gasteiger charge is 2.22. The van der Waals surface area contributed by atoms with E-state index in [-0.39, 0.29) is 5.91 Å². The first kappa shape index (κ1) is 16.6. The van der Waals surface area contributed by atoms with Gasteiger partial charge < -0.3 is 14.4 Å². The Bertz CT molecular complexity index is 739. The minimum absolute atomic E-state index is 0.243. The largest absolute Gasteiger partial charge is 0.368 e. The Morgan fingerprint density at radius 3 is 2.33 bits per heavy atom. The van der Waals surface area contributed by atoms with Crippen LogP contribution < -0.4 is 4.90 Å². The molecule has 0 atom stereocenters. The minimum atomic E-state index is 0.243. The van der Waals surface area contributed by atoms with Crippen molar-refractivity contribution in [3.05, 3.63) is 52.8 Å². The van der Waals surface area contributed by atoms with Crippen molar-refractivity contribution in [2.75, 3.05) is 31.1 Å². The van der Waals surface area contributed by atoms with Gasteiger partial charge in [0.05, 0.1) is 6.42 Å². The van der Waals surface area contributed by atoms with Crippen LogP contribution in [0.1, 0.15) is 22.5 Å². The van der Waals surface area contributed by atoms with Crippen LogP contribution in [0.5, 0.6) is 0 Å². The van der Waals surface area contributed by atoms with Crippen LogP contribution in [0.25, 0.3) is 0 Å². The molecule has 0 bridgehead atoms. The minimum Gasteiger partial charge on any atom is -0.368 e. The lowest BCUT2D eigenvalue weighted by molar-refractivity contribution is -0.130. The van der Waals surface area contributed by atoms with E-state index in [1.54, 1.807) is 0 Å². The van der Waals surface area contributed by atoms with Crippen LogP contribution >= 0.6 is 0 Å². The smallest absolute Gasteiger partial charge is 0.227 e. The molecule has 2 heterocycles. The van der Waals surface area contributed by atoms with Gasteiger partial charge in [-0.3, -0.25) is 4.79 Å². The first-order chi connectivity index (χ1) is 11.5. The van der Waals surface area contributed by atoms with E-state index >= 15 is 0 Å². The molecule has 0 radical (unpaired) electrons. The number of amides is 1. The summed E-state index contributed by atoms with van der Waals surface area (Å²) in [4.78, 5) is 17.0. The van der Waals surface area contributed by atoms with Gasteiger partial charge in [0.15, 0.2) is 0 Å². The molecule has 0 unspecified atom stereocenters. The SMILES string of the molecule is Cc1cccc(N2CCN(C(=O)Cc3cc(C)n(C)c3C)CC2)c1. The molecule has 1 saturated heterocycles. The Kier molecular flexibility index (Phi) is 4.65. The van der Waals surface area contributed by atoms with Gasteiger partial charge in [-0.25, -0.2) is 0 Å². The lowest BCUT2D eigenvalue weighted by Crippen LogP contribution is -2.49. The van der Waals surface area contributed by atoms with Crippen LogP contribution in [0.4, 0.5) is 5.69 Å². The molecule has 24 heavy (non-hydrogen) atoms. The van der Waals surface area contributed by atoms with Gasteiger partial charge in [0.1, 0.15) is 0 Å². The Balaban J connectivity index is 1.60. The third kappa shape index (κ3) is 3.32. The lowest BCUT2D eigenvalue weighted by atomic mass is 10.1. The molecule has 1 aliphatic rings. The molecular formula is C20H27N3O. The monoisotopic (exact) mass is 325 g/mol. The maximum Gasteiger partial charge on any atom is 0.227 e. The van der Waals surface area contributed by atoms with Crippen molar-refractivity contribution in [3.63, 3.8) is 0 Å². The second-order valence-electron chi connectivity index (χ2n) is 6.84. The van der Waals surface area contributed by atoms with Crippen LogP contribution in [0.3, 0.4) is 0 Å². The summed E-state index contributed by atoms with van der Waals surface area (Å²) in [5, 5.41) is 0. The molecule has 0 spiro atoms. The zero-order valence-corrected chi connectivity index (χ0v) is 15.2. The van der Waals surface area contributed by atoms with Gasteiger partial charge >= 0.3 is 0 Å². The average molecular weight is 325 g/mol. The van der Waals surface area contributed by atoms with E-state index in [0.717, 1.165) is 31.7 Å². The molecule has 128 valence electrons. The molecule has 1 aromatic carbocycles. The van der Waals surface area contributed by atoms with Gasteiger partial charge in [0.25, 0.3) is 0 Å². The van der Waals surface area contributed by atoms with Gasteiger partial charge in [-0.2, -0.15) is 0 Å².